The number of pyridine rings is 1. The van der Waals surface area contributed by atoms with Crippen molar-refractivity contribution >= 4 is 11.6 Å². The molecule has 0 aliphatic carbocycles. The normalized spacial score (nSPS) is 16.8. The molecule has 0 radical (unpaired) electrons. The molecule has 0 bridgehead atoms. The van der Waals surface area contributed by atoms with Crippen LogP contribution in [0.15, 0.2) is 55.0 Å². The third-order valence-corrected chi connectivity index (χ3v) is 4.07. The molecule has 1 aliphatic heterocycles. The number of nitrogens with zero attached hydrogens (tertiary/aromatic N) is 3. The lowest BCUT2D eigenvalue weighted by atomic mass is 10.0. The van der Waals surface area contributed by atoms with Crippen LogP contribution in [0.4, 0.5) is 5.69 Å². The lowest BCUT2D eigenvalue weighted by Gasteiger charge is -2.35. The molecule has 0 saturated heterocycles. The van der Waals surface area contributed by atoms with Crippen molar-refractivity contribution in [3.8, 4) is 11.3 Å². The number of carbonyl (C=O) groups excluding carboxylic acids is 1. The molecular weight excluding hydrogens is 290 g/mol. The SMILES string of the molecule is CN1C(=O)c2ccccc2N[C@@H]1c1cn[nH]c1-c1cccnc1. The van der Waals surface area contributed by atoms with E-state index in [4.69, 9.17) is 0 Å². The summed E-state index contributed by atoms with van der Waals surface area (Å²) in [6.45, 7) is 0. The summed E-state index contributed by atoms with van der Waals surface area (Å²) in [5, 5.41) is 10.6. The number of aromatic amines is 1. The Balaban J connectivity index is 1.78. The molecule has 0 saturated carbocycles. The Morgan fingerprint density at radius 1 is 1.13 bits per heavy atom. The maximum Gasteiger partial charge on any atom is 0.257 e. The number of anilines is 1. The predicted molar refractivity (Wildman–Crippen MR) is 86.7 cm³/mol. The van der Waals surface area contributed by atoms with Gasteiger partial charge in [0.05, 0.1) is 17.5 Å². The molecule has 23 heavy (non-hydrogen) atoms. The van der Waals surface area contributed by atoms with Gasteiger partial charge in [-0.15, -0.1) is 0 Å². The number of hydrogen-bond acceptors (Lipinski definition) is 4. The molecule has 114 valence electrons. The molecule has 6 heteroatoms. The average Bonchev–Trinajstić information content (AvgIpc) is 3.08. The predicted octanol–water partition coefficient (Wildman–Crippen LogP) is 2.67. The van der Waals surface area contributed by atoms with Crippen molar-refractivity contribution in [1.82, 2.24) is 20.1 Å². The third kappa shape index (κ3) is 2.15. The van der Waals surface area contributed by atoms with Crippen LogP contribution in [-0.2, 0) is 0 Å². The number of para-hydroxylation sites is 1. The van der Waals surface area contributed by atoms with E-state index in [0.29, 0.717) is 5.56 Å². The van der Waals surface area contributed by atoms with E-state index in [2.05, 4.69) is 20.5 Å². The van der Waals surface area contributed by atoms with Gasteiger partial charge in [-0.25, -0.2) is 0 Å². The van der Waals surface area contributed by atoms with Gasteiger partial charge in [-0.05, 0) is 24.3 Å². The summed E-state index contributed by atoms with van der Waals surface area (Å²) in [5.74, 6) is -0.0114. The fourth-order valence-corrected chi connectivity index (χ4v) is 2.88. The zero-order valence-corrected chi connectivity index (χ0v) is 12.5. The molecule has 1 aliphatic rings. The monoisotopic (exact) mass is 305 g/mol. The molecule has 0 fully saturated rings. The highest BCUT2D eigenvalue weighted by Gasteiger charge is 2.32. The molecule has 2 aromatic heterocycles. The van der Waals surface area contributed by atoms with Crippen LogP contribution >= 0.6 is 0 Å². The lowest BCUT2D eigenvalue weighted by Crippen LogP contribution is -2.40. The van der Waals surface area contributed by atoms with Crippen LogP contribution in [0.5, 0.6) is 0 Å². The third-order valence-electron chi connectivity index (χ3n) is 4.07. The molecule has 2 N–H and O–H groups in total. The van der Waals surface area contributed by atoms with Crippen molar-refractivity contribution in [1.29, 1.82) is 0 Å². The molecular formula is C17H15N5O. The van der Waals surface area contributed by atoms with Crippen molar-refractivity contribution in [2.24, 2.45) is 0 Å². The number of rotatable bonds is 2. The Morgan fingerprint density at radius 3 is 2.83 bits per heavy atom. The Labute approximate surface area is 133 Å². The fourth-order valence-electron chi connectivity index (χ4n) is 2.88. The molecule has 0 unspecified atom stereocenters. The molecule has 3 heterocycles. The minimum absolute atomic E-state index is 0.0114. The van der Waals surface area contributed by atoms with Crippen LogP contribution in [0.1, 0.15) is 22.1 Å². The Hall–Kier alpha value is -3.15. The number of nitrogens with one attached hydrogen (secondary N) is 2. The van der Waals surface area contributed by atoms with Gasteiger partial charge >= 0.3 is 0 Å². The van der Waals surface area contributed by atoms with Crippen molar-refractivity contribution < 1.29 is 4.79 Å². The number of fused-ring (bicyclic) bond motifs is 1. The topological polar surface area (TPSA) is 73.9 Å². The Kier molecular flexibility index (Phi) is 3.08. The van der Waals surface area contributed by atoms with E-state index in [1.54, 1.807) is 30.5 Å². The maximum absolute atomic E-state index is 12.6. The lowest BCUT2D eigenvalue weighted by molar-refractivity contribution is 0.0736. The van der Waals surface area contributed by atoms with Gasteiger partial charge in [0.1, 0.15) is 6.17 Å². The zero-order valence-electron chi connectivity index (χ0n) is 12.5. The van der Waals surface area contributed by atoms with E-state index in [9.17, 15) is 4.79 Å². The molecule has 1 amide bonds. The first-order valence-corrected chi connectivity index (χ1v) is 7.32. The molecule has 0 spiro atoms. The number of H-pyrrole nitrogens is 1. The van der Waals surface area contributed by atoms with Gasteiger partial charge in [0.15, 0.2) is 0 Å². The minimum atomic E-state index is -0.286. The Bertz CT molecular complexity index is 858. The summed E-state index contributed by atoms with van der Waals surface area (Å²) < 4.78 is 0. The summed E-state index contributed by atoms with van der Waals surface area (Å²) in [6, 6.07) is 11.4. The fraction of sp³-hybridized carbons (Fsp3) is 0.118. The molecule has 1 aromatic carbocycles. The number of benzene rings is 1. The standard InChI is InChI=1S/C17H15N5O/c1-22-16(20-14-7-3-2-6-12(14)17(22)23)13-10-19-21-15(13)11-5-4-8-18-9-11/h2-10,16,20H,1H3,(H,19,21)/t16-/m0/s1. The van der Waals surface area contributed by atoms with Gasteiger partial charge in [-0.3, -0.25) is 14.9 Å². The highest BCUT2D eigenvalue weighted by Crippen LogP contribution is 2.35. The van der Waals surface area contributed by atoms with Gasteiger partial charge in [-0.1, -0.05) is 12.1 Å². The summed E-state index contributed by atoms with van der Waals surface area (Å²) in [7, 11) is 1.79. The quantitative estimate of drug-likeness (QED) is 0.763. The molecule has 6 nitrogen and oxygen atoms in total. The molecule has 4 rings (SSSR count). The highest BCUT2D eigenvalue weighted by molar-refractivity contribution is 6.01. The van der Waals surface area contributed by atoms with Gasteiger partial charge < -0.3 is 10.2 Å². The number of carbonyl (C=O) groups is 1. The summed E-state index contributed by atoms with van der Waals surface area (Å²) >= 11 is 0. The van der Waals surface area contributed by atoms with Crippen LogP contribution in [0.3, 0.4) is 0 Å². The average molecular weight is 305 g/mol. The highest BCUT2D eigenvalue weighted by atomic mass is 16.2. The largest absolute Gasteiger partial charge is 0.361 e. The number of hydrogen-bond donors (Lipinski definition) is 2. The van der Waals surface area contributed by atoms with Crippen molar-refractivity contribution in [2.45, 2.75) is 6.17 Å². The summed E-state index contributed by atoms with van der Waals surface area (Å²) in [4.78, 5) is 18.4. The van der Waals surface area contributed by atoms with E-state index in [1.807, 2.05) is 36.4 Å². The zero-order chi connectivity index (χ0) is 15.8. The first kappa shape index (κ1) is 13.5. The number of aromatic nitrogens is 3. The molecule has 3 aromatic rings. The first-order chi connectivity index (χ1) is 11.3. The summed E-state index contributed by atoms with van der Waals surface area (Å²) in [6.07, 6.45) is 4.96. The minimum Gasteiger partial charge on any atom is -0.361 e. The van der Waals surface area contributed by atoms with E-state index in [0.717, 1.165) is 22.5 Å². The second-order valence-corrected chi connectivity index (χ2v) is 5.45. The molecule has 1 atom stereocenters. The smallest absolute Gasteiger partial charge is 0.257 e. The van der Waals surface area contributed by atoms with Gasteiger partial charge in [0, 0.05) is 36.3 Å². The van der Waals surface area contributed by atoms with Gasteiger partial charge in [0.25, 0.3) is 5.91 Å². The number of amides is 1. The Morgan fingerprint density at radius 2 is 2.00 bits per heavy atom. The van der Waals surface area contributed by atoms with Crippen molar-refractivity contribution in [3.63, 3.8) is 0 Å². The first-order valence-electron chi connectivity index (χ1n) is 7.32. The van der Waals surface area contributed by atoms with Crippen LogP contribution in [-0.4, -0.2) is 33.0 Å². The van der Waals surface area contributed by atoms with E-state index >= 15 is 0 Å². The van der Waals surface area contributed by atoms with Gasteiger partial charge in [-0.2, -0.15) is 5.10 Å². The van der Waals surface area contributed by atoms with Crippen LogP contribution in [0.2, 0.25) is 0 Å². The van der Waals surface area contributed by atoms with E-state index in [-0.39, 0.29) is 12.1 Å². The second-order valence-electron chi connectivity index (χ2n) is 5.45. The maximum atomic E-state index is 12.6. The second kappa shape index (κ2) is 5.24. The van der Waals surface area contributed by atoms with Crippen molar-refractivity contribution in [3.05, 3.63) is 66.1 Å². The van der Waals surface area contributed by atoms with Crippen LogP contribution < -0.4 is 5.32 Å². The summed E-state index contributed by atoms with van der Waals surface area (Å²) in [5.41, 5.74) is 4.20. The van der Waals surface area contributed by atoms with Crippen LogP contribution in [0.25, 0.3) is 11.3 Å². The van der Waals surface area contributed by atoms with E-state index < -0.39 is 0 Å². The van der Waals surface area contributed by atoms with E-state index in [1.165, 1.54) is 0 Å². The van der Waals surface area contributed by atoms with Gasteiger partial charge in [0.2, 0.25) is 0 Å². The van der Waals surface area contributed by atoms with Crippen molar-refractivity contribution in [2.75, 3.05) is 12.4 Å². The van der Waals surface area contributed by atoms with Crippen LogP contribution in [0, 0.1) is 0 Å².